The van der Waals surface area contributed by atoms with Crippen LogP contribution >= 0.6 is 11.8 Å². The van der Waals surface area contributed by atoms with Gasteiger partial charge in [-0.2, -0.15) is 4.31 Å². The van der Waals surface area contributed by atoms with Gasteiger partial charge in [0.25, 0.3) is 5.91 Å². The number of anilines is 1. The minimum atomic E-state index is -3.54. The average Bonchev–Trinajstić information content (AvgIpc) is 3.08. The summed E-state index contributed by atoms with van der Waals surface area (Å²) in [5.41, 5.74) is 0.981. The van der Waals surface area contributed by atoms with Gasteiger partial charge < -0.3 is 10.6 Å². The quantitative estimate of drug-likeness (QED) is 0.613. The molecule has 0 radical (unpaired) electrons. The molecule has 31 heavy (non-hydrogen) atoms. The molecule has 2 aromatic rings. The van der Waals surface area contributed by atoms with Crippen LogP contribution in [-0.4, -0.2) is 55.4 Å². The highest BCUT2D eigenvalue weighted by molar-refractivity contribution is 7.99. The Morgan fingerprint density at radius 3 is 2.48 bits per heavy atom. The van der Waals surface area contributed by atoms with Gasteiger partial charge >= 0.3 is 0 Å². The van der Waals surface area contributed by atoms with Crippen molar-refractivity contribution >= 4 is 39.3 Å². The van der Waals surface area contributed by atoms with Crippen molar-refractivity contribution in [1.82, 2.24) is 14.6 Å². The van der Waals surface area contributed by atoms with Crippen molar-refractivity contribution in [2.75, 3.05) is 31.2 Å². The fraction of sp³-hybridized carbons (Fsp3) is 0.381. The van der Waals surface area contributed by atoms with Crippen molar-refractivity contribution < 1.29 is 18.0 Å². The van der Waals surface area contributed by atoms with E-state index < -0.39 is 10.0 Å². The maximum Gasteiger partial charge on any atom is 0.251 e. The van der Waals surface area contributed by atoms with Crippen LogP contribution < -0.4 is 10.6 Å². The number of pyridine rings is 1. The Hall–Kier alpha value is -2.43. The van der Waals surface area contributed by atoms with Crippen LogP contribution in [-0.2, 0) is 14.8 Å². The smallest absolute Gasteiger partial charge is 0.251 e. The van der Waals surface area contributed by atoms with Gasteiger partial charge in [-0.25, -0.2) is 13.4 Å². The second kappa shape index (κ2) is 10.7. The molecule has 166 valence electrons. The number of nitrogens with one attached hydrogen (secondary N) is 2. The zero-order chi connectivity index (χ0) is 22.3. The zero-order valence-corrected chi connectivity index (χ0v) is 19.0. The molecule has 2 heterocycles. The number of hydrogen-bond donors (Lipinski definition) is 2. The Kier molecular flexibility index (Phi) is 8.05. The number of thioether (sulfide) groups is 1. The van der Waals surface area contributed by atoms with Crippen LogP contribution in [0.2, 0.25) is 0 Å². The van der Waals surface area contributed by atoms with Crippen molar-refractivity contribution in [2.24, 2.45) is 0 Å². The van der Waals surface area contributed by atoms with Gasteiger partial charge in [-0.15, -0.1) is 0 Å². The van der Waals surface area contributed by atoms with E-state index in [-0.39, 0.29) is 22.5 Å². The van der Waals surface area contributed by atoms with Crippen molar-refractivity contribution in [3.63, 3.8) is 0 Å². The molecule has 1 aromatic heterocycles. The molecule has 0 spiro atoms. The molecule has 1 aromatic carbocycles. The number of rotatable bonds is 7. The van der Waals surface area contributed by atoms with Crippen LogP contribution in [0.15, 0.2) is 52.5 Å². The Labute approximate surface area is 186 Å². The third-order valence-corrected chi connectivity index (χ3v) is 7.72. The second-order valence-electron chi connectivity index (χ2n) is 7.15. The van der Waals surface area contributed by atoms with Crippen molar-refractivity contribution in [1.29, 1.82) is 0 Å². The lowest BCUT2D eigenvalue weighted by Gasteiger charge is -2.19. The number of aromatic nitrogens is 1. The van der Waals surface area contributed by atoms with Crippen LogP contribution in [0.25, 0.3) is 0 Å². The van der Waals surface area contributed by atoms with Gasteiger partial charge in [0.2, 0.25) is 15.9 Å². The average molecular weight is 463 g/mol. The first kappa shape index (κ1) is 23.2. The molecule has 0 aliphatic carbocycles. The Bertz CT molecular complexity index is 1020. The zero-order valence-electron chi connectivity index (χ0n) is 17.3. The van der Waals surface area contributed by atoms with Crippen molar-refractivity contribution in [2.45, 2.75) is 35.6 Å². The molecule has 1 fully saturated rings. The van der Waals surface area contributed by atoms with E-state index in [1.807, 2.05) is 0 Å². The monoisotopic (exact) mass is 462 g/mol. The predicted molar refractivity (Wildman–Crippen MR) is 121 cm³/mol. The number of carbonyl (C=O) groups excluding carboxylic acids is 2. The number of benzene rings is 1. The molecule has 1 saturated heterocycles. The summed E-state index contributed by atoms with van der Waals surface area (Å²) >= 11 is 1.21. The summed E-state index contributed by atoms with van der Waals surface area (Å²) in [6.07, 6.45) is 5.22. The maximum atomic E-state index is 12.8. The number of hydrogen-bond acceptors (Lipinski definition) is 6. The summed E-state index contributed by atoms with van der Waals surface area (Å²) in [5.74, 6) is -0.373. The number of nitrogens with zero attached hydrogens (tertiary/aromatic N) is 2. The van der Waals surface area contributed by atoms with Crippen LogP contribution in [0, 0.1) is 0 Å². The molecule has 2 N–H and O–H groups in total. The summed E-state index contributed by atoms with van der Waals surface area (Å²) in [5, 5.41) is 5.84. The van der Waals surface area contributed by atoms with Gasteiger partial charge in [-0.1, -0.05) is 30.7 Å². The molecule has 0 atom stereocenters. The lowest BCUT2D eigenvalue weighted by atomic mass is 10.2. The fourth-order valence-electron chi connectivity index (χ4n) is 3.25. The van der Waals surface area contributed by atoms with E-state index in [0.717, 1.165) is 25.7 Å². The van der Waals surface area contributed by atoms with Gasteiger partial charge in [-0.3, -0.25) is 9.59 Å². The first-order valence-electron chi connectivity index (χ1n) is 10.1. The molecule has 1 aliphatic rings. The van der Waals surface area contributed by atoms with Gasteiger partial charge in [-0.05, 0) is 43.2 Å². The van der Waals surface area contributed by atoms with E-state index in [2.05, 4.69) is 15.6 Å². The van der Waals surface area contributed by atoms with E-state index in [0.29, 0.717) is 29.4 Å². The Morgan fingerprint density at radius 1 is 1.10 bits per heavy atom. The molecular formula is C21H26N4O4S2. The highest BCUT2D eigenvalue weighted by Crippen LogP contribution is 2.22. The molecule has 0 saturated carbocycles. The standard InChI is InChI=1S/C21H26N4O4S2/c1-22-21(27)16-7-6-8-17(13-16)24-19(26)15-30-20-10-9-18(14-23-20)31(28,29)25-11-4-2-3-5-12-25/h6-10,13-14H,2-5,11-12,15H2,1H3,(H,22,27)(H,24,26). The SMILES string of the molecule is CNC(=O)c1cccc(NC(=O)CSc2ccc(S(=O)(=O)N3CCCCCC3)cn2)c1. The predicted octanol–water partition coefficient (Wildman–Crippen LogP) is 2.74. The second-order valence-corrected chi connectivity index (χ2v) is 10.1. The summed E-state index contributed by atoms with van der Waals surface area (Å²) in [4.78, 5) is 28.3. The number of carbonyl (C=O) groups is 2. The molecule has 2 amide bonds. The minimum Gasteiger partial charge on any atom is -0.355 e. The molecule has 8 nitrogen and oxygen atoms in total. The third-order valence-electron chi connectivity index (χ3n) is 4.90. The highest BCUT2D eigenvalue weighted by Gasteiger charge is 2.25. The Balaban J connectivity index is 1.56. The van der Waals surface area contributed by atoms with Gasteiger partial charge in [0.1, 0.15) is 4.90 Å². The van der Waals surface area contributed by atoms with Gasteiger partial charge in [0.15, 0.2) is 0 Å². The minimum absolute atomic E-state index is 0.107. The first-order chi connectivity index (χ1) is 14.9. The van der Waals surface area contributed by atoms with Crippen LogP contribution in [0.4, 0.5) is 5.69 Å². The van der Waals surface area contributed by atoms with Crippen molar-refractivity contribution in [3.05, 3.63) is 48.2 Å². The van der Waals surface area contributed by atoms with E-state index in [1.54, 1.807) is 43.4 Å². The molecule has 0 unspecified atom stereocenters. The highest BCUT2D eigenvalue weighted by atomic mass is 32.2. The van der Waals surface area contributed by atoms with Crippen LogP contribution in [0.5, 0.6) is 0 Å². The normalized spacial score (nSPS) is 15.1. The van der Waals surface area contributed by atoms with E-state index in [4.69, 9.17) is 0 Å². The summed E-state index contributed by atoms with van der Waals surface area (Å²) in [7, 11) is -1.99. The van der Waals surface area contributed by atoms with Crippen molar-refractivity contribution in [3.8, 4) is 0 Å². The largest absolute Gasteiger partial charge is 0.355 e. The maximum absolute atomic E-state index is 12.8. The topological polar surface area (TPSA) is 108 Å². The third kappa shape index (κ3) is 6.28. The van der Waals surface area contributed by atoms with Gasteiger partial charge in [0, 0.05) is 37.6 Å². The molecule has 1 aliphatic heterocycles. The lowest BCUT2D eigenvalue weighted by Crippen LogP contribution is -2.32. The van der Waals surface area contributed by atoms with E-state index >= 15 is 0 Å². The Morgan fingerprint density at radius 2 is 1.84 bits per heavy atom. The summed E-state index contributed by atoms with van der Waals surface area (Å²) in [6, 6.07) is 9.82. The van der Waals surface area contributed by atoms with Gasteiger partial charge in [0.05, 0.1) is 10.8 Å². The lowest BCUT2D eigenvalue weighted by molar-refractivity contribution is -0.113. The fourth-order valence-corrected chi connectivity index (χ4v) is 5.36. The molecule has 3 rings (SSSR count). The summed E-state index contributed by atoms with van der Waals surface area (Å²) in [6.45, 7) is 1.08. The van der Waals surface area contributed by atoms with E-state index in [9.17, 15) is 18.0 Å². The number of amides is 2. The summed E-state index contributed by atoms with van der Waals surface area (Å²) < 4.78 is 27.1. The van der Waals surface area contributed by atoms with Crippen LogP contribution in [0.3, 0.4) is 0 Å². The molecular weight excluding hydrogens is 436 g/mol. The van der Waals surface area contributed by atoms with Crippen LogP contribution in [0.1, 0.15) is 36.0 Å². The first-order valence-corrected chi connectivity index (χ1v) is 12.5. The molecule has 0 bridgehead atoms. The van der Waals surface area contributed by atoms with E-state index in [1.165, 1.54) is 22.3 Å². The molecule has 10 heteroatoms. The number of sulfonamides is 1.